The van der Waals surface area contributed by atoms with Crippen LogP contribution in [0.3, 0.4) is 0 Å². The zero-order valence-electron chi connectivity index (χ0n) is 25.3. The fourth-order valence-corrected chi connectivity index (χ4v) is 8.78. The first-order chi connectivity index (χ1) is 20.0. The lowest BCUT2D eigenvalue weighted by atomic mass is 9.89. The number of fused-ring (bicyclic) bond motifs is 1. The maximum absolute atomic E-state index is 6.27. The predicted octanol–water partition coefficient (Wildman–Crippen LogP) is 7.70. The standard InChI is InChI=1S/C33H50ClN5S2/c1-35(2)32-13-15-33(16-14-32)40-37-20-6-18-36(26-28-9-4-3-5-10-28)19-7-22-38(23-8-21-37)41-39-24-17-29-25-31(34)12-11-30(29)27-39/h11-16,25,28H,3-10,17-24,26-27H2,1-2H3. The van der Waals surface area contributed by atoms with Gasteiger partial charge in [-0.25, -0.2) is 12.9 Å². The lowest BCUT2D eigenvalue weighted by Gasteiger charge is -2.34. The lowest BCUT2D eigenvalue weighted by Crippen LogP contribution is -2.37. The Morgan fingerprint density at radius 1 is 0.732 bits per heavy atom. The highest BCUT2D eigenvalue weighted by atomic mass is 35.5. The number of halogens is 1. The van der Waals surface area contributed by atoms with Crippen LogP contribution in [0.2, 0.25) is 5.02 Å². The minimum atomic E-state index is 0.863. The number of nitrogens with zero attached hydrogens (tertiary/aromatic N) is 5. The molecule has 5 rings (SSSR count). The normalized spacial score (nSPS) is 21.6. The van der Waals surface area contributed by atoms with E-state index in [1.807, 2.05) is 30.1 Å². The molecule has 0 radical (unpaired) electrons. The molecule has 2 aliphatic heterocycles. The van der Waals surface area contributed by atoms with E-state index in [9.17, 15) is 0 Å². The second-order valence-corrected chi connectivity index (χ2v) is 15.1. The van der Waals surface area contributed by atoms with Crippen LogP contribution in [0, 0.1) is 5.92 Å². The fourth-order valence-electron chi connectivity index (χ4n) is 6.47. The van der Waals surface area contributed by atoms with Gasteiger partial charge in [-0.3, -0.25) is 0 Å². The van der Waals surface area contributed by atoms with Crippen molar-refractivity contribution in [2.45, 2.75) is 69.2 Å². The molecule has 1 saturated carbocycles. The molecule has 0 atom stereocenters. The molecule has 3 aliphatic rings. The minimum Gasteiger partial charge on any atom is -0.378 e. The summed E-state index contributed by atoms with van der Waals surface area (Å²) in [7, 11) is 4.22. The Morgan fingerprint density at radius 3 is 2.12 bits per heavy atom. The van der Waals surface area contributed by atoms with Crippen molar-refractivity contribution in [3.63, 3.8) is 0 Å². The Labute approximate surface area is 263 Å². The largest absolute Gasteiger partial charge is 0.378 e. The second kappa shape index (κ2) is 16.2. The third-order valence-electron chi connectivity index (χ3n) is 8.78. The van der Waals surface area contributed by atoms with Gasteiger partial charge in [0.05, 0.1) is 0 Å². The molecule has 1 aliphatic carbocycles. The maximum atomic E-state index is 6.27. The molecule has 1 saturated heterocycles. The highest BCUT2D eigenvalue weighted by molar-refractivity contribution is 7.97. The summed E-state index contributed by atoms with van der Waals surface area (Å²) in [5.41, 5.74) is 4.12. The van der Waals surface area contributed by atoms with E-state index in [0.29, 0.717) is 0 Å². The van der Waals surface area contributed by atoms with Crippen LogP contribution < -0.4 is 4.90 Å². The Hall–Kier alpha value is -0.930. The average molecular weight is 616 g/mol. The maximum Gasteiger partial charge on any atom is 0.0408 e. The molecule has 5 nitrogen and oxygen atoms in total. The smallest absolute Gasteiger partial charge is 0.0408 e. The van der Waals surface area contributed by atoms with Gasteiger partial charge in [0.1, 0.15) is 0 Å². The van der Waals surface area contributed by atoms with Crippen LogP contribution in [-0.4, -0.2) is 84.3 Å². The number of rotatable bonds is 7. The Balaban J connectivity index is 1.22. The van der Waals surface area contributed by atoms with E-state index < -0.39 is 0 Å². The van der Waals surface area contributed by atoms with Crippen LogP contribution in [0.15, 0.2) is 47.4 Å². The van der Waals surface area contributed by atoms with E-state index in [0.717, 1.165) is 56.6 Å². The Morgan fingerprint density at radius 2 is 1.41 bits per heavy atom. The van der Waals surface area contributed by atoms with Crippen LogP contribution in [0.4, 0.5) is 5.69 Å². The van der Waals surface area contributed by atoms with Crippen LogP contribution in [0.5, 0.6) is 0 Å². The summed E-state index contributed by atoms with van der Waals surface area (Å²) in [5.74, 6) is 0.907. The third-order valence-corrected chi connectivity index (χ3v) is 11.3. The van der Waals surface area contributed by atoms with Gasteiger partial charge in [-0.1, -0.05) is 36.9 Å². The fraction of sp³-hybridized carbons (Fsp3) is 0.636. The number of hydrogen-bond acceptors (Lipinski definition) is 7. The van der Waals surface area contributed by atoms with Crippen LogP contribution in [-0.2, 0) is 13.0 Å². The average Bonchev–Trinajstić information content (AvgIpc) is 2.97. The van der Waals surface area contributed by atoms with Gasteiger partial charge < -0.3 is 9.80 Å². The highest BCUT2D eigenvalue weighted by Crippen LogP contribution is 2.30. The summed E-state index contributed by atoms with van der Waals surface area (Å²) < 4.78 is 7.87. The summed E-state index contributed by atoms with van der Waals surface area (Å²) in [6.07, 6.45) is 12.0. The van der Waals surface area contributed by atoms with Gasteiger partial charge in [0, 0.05) is 87.6 Å². The summed E-state index contributed by atoms with van der Waals surface area (Å²) in [5, 5.41) is 0.863. The van der Waals surface area contributed by atoms with Crippen molar-refractivity contribution in [1.82, 2.24) is 17.8 Å². The number of hydrogen-bond donors (Lipinski definition) is 0. The van der Waals surface area contributed by atoms with Gasteiger partial charge in [-0.15, -0.1) is 0 Å². The molecule has 0 bridgehead atoms. The monoisotopic (exact) mass is 615 g/mol. The van der Waals surface area contributed by atoms with E-state index >= 15 is 0 Å². The molecule has 226 valence electrons. The van der Waals surface area contributed by atoms with Crippen molar-refractivity contribution >= 4 is 41.4 Å². The molecular weight excluding hydrogens is 566 g/mol. The van der Waals surface area contributed by atoms with Gasteiger partial charge in [0.2, 0.25) is 0 Å². The van der Waals surface area contributed by atoms with E-state index in [-0.39, 0.29) is 0 Å². The third kappa shape index (κ3) is 10.1. The van der Waals surface area contributed by atoms with Gasteiger partial charge in [0.15, 0.2) is 0 Å². The van der Waals surface area contributed by atoms with Crippen LogP contribution >= 0.6 is 35.7 Å². The molecule has 0 unspecified atom stereocenters. The Kier molecular flexibility index (Phi) is 12.5. The molecule has 2 aromatic rings. The molecule has 0 spiro atoms. The van der Waals surface area contributed by atoms with Crippen molar-refractivity contribution in [1.29, 1.82) is 0 Å². The lowest BCUT2D eigenvalue weighted by molar-refractivity contribution is 0.187. The zero-order valence-corrected chi connectivity index (χ0v) is 27.7. The van der Waals surface area contributed by atoms with Gasteiger partial charge in [-0.2, -0.15) is 0 Å². The molecule has 8 heteroatoms. The van der Waals surface area contributed by atoms with Crippen molar-refractivity contribution in [3.8, 4) is 0 Å². The summed E-state index contributed by atoms with van der Waals surface area (Å²) in [4.78, 5) is 6.34. The first-order valence-corrected chi connectivity index (χ1v) is 17.8. The molecular formula is C33H50ClN5S2. The predicted molar refractivity (Wildman–Crippen MR) is 180 cm³/mol. The van der Waals surface area contributed by atoms with Gasteiger partial charge >= 0.3 is 0 Å². The topological polar surface area (TPSA) is 16.2 Å². The minimum absolute atomic E-state index is 0.863. The molecule has 2 fully saturated rings. The molecule has 2 aromatic carbocycles. The summed E-state index contributed by atoms with van der Waals surface area (Å²) >= 11 is 10.2. The first-order valence-electron chi connectivity index (χ1n) is 15.9. The SMILES string of the molecule is CN(C)c1ccc(SN2CCCN(CC3CCCCC3)CCCN(SN3CCc4cc(Cl)ccc4C3)CCC2)cc1. The van der Waals surface area contributed by atoms with Gasteiger partial charge in [0.25, 0.3) is 0 Å². The molecule has 41 heavy (non-hydrogen) atoms. The first kappa shape index (κ1) is 31.5. The van der Waals surface area contributed by atoms with E-state index in [1.165, 1.54) is 92.7 Å². The number of anilines is 1. The van der Waals surface area contributed by atoms with Crippen LogP contribution in [0.25, 0.3) is 0 Å². The number of benzene rings is 2. The highest BCUT2D eigenvalue weighted by Gasteiger charge is 2.22. The quantitative estimate of drug-likeness (QED) is 0.293. The van der Waals surface area contributed by atoms with E-state index in [1.54, 1.807) is 0 Å². The summed E-state index contributed by atoms with van der Waals surface area (Å²) in [6.45, 7) is 10.4. The van der Waals surface area contributed by atoms with Crippen molar-refractivity contribution < 1.29 is 0 Å². The van der Waals surface area contributed by atoms with Crippen molar-refractivity contribution in [3.05, 3.63) is 58.6 Å². The summed E-state index contributed by atoms with van der Waals surface area (Å²) in [6, 6.07) is 15.5. The molecule has 0 aromatic heterocycles. The Bertz CT molecular complexity index is 1060. The van der Waals surface area contributed by atoms with Crippen LogP contribution in [0.1, 0.15) is 62.5 Å². The molecule has 0 amide bonds. The molecule has 2 heterocycles. The second-order valence-electron chi connectivity index (χ2n) is 12.3. The van der Waals surface area contributed by atoms with E-state index in [2.05, 4.69) is 73.2 Å². The van der Waals surface area contributed by atoms with Crippen molar-refractivity contribution in [2.24, 2.45) is 5.92 Å². The van der Waals surface area contributed by atoms with E-state index in [4.69, 9.17) is 11.6 Å². The van der Waals surface area contributed by atoms with Crippen molar-refractivity contribution in [2.75, 3.05) is 71.4 Å². The molecule has 0 N–H and O–H groups in total. The van der Waals surface area contributed by atoms with Gasteiger partial charge in [-0.05, 0) is 117 Å². The zero-order chi connectivity index (χ0) is 28.4.